The minimum Gasteiger partial charge on any atom is -0.296 e. The third-order valence-corrected chi connectivity index (χ3v) is 1.70. The molecule has 0 rings (SSSR count). The van der Waals surface area contributed by atoms with Crippen LogP contribution in [0.5, 0.6) is 0 Å². The van der Waals surface area contributed by atoms with Crippen molar-refractivity contribution in [1.82, 2.24) is 0 Å². The Morgan fingerprint density at radius 1 is 1.50 bits per heavy atom. The predicted octanol–water partition coefficient (Wildman–Crippen LogP) is 2.51. The first-order valence-electron chi connectivity index (χ1n) is 3.14. The Balaban J connectivity index is 4.04. The van der Waals surface area contributed by atoms with E-state index in [0.29, 0.717) is 0 Å². The van der Waals surface area contributed by atoms with Gasteiger partial charge in [-0.05, 0) is 19.3 Å². The molecule has 0 aliphatic rings. The first-order chi connectivity index (χ1) is 4.85. The second-order valence-corrected chi connectivity index (χ2v) is 2.56. The Morgan fingerprint density at radius 2 is 2.20 bits per heavy atom. The Labute approximate surface area is 66.9 Å². The summed E-state index contributed by atoms with van der Waals surface area (Å²) >= 11 is 1.72. The van der Waals surface area contributed by atoms with E-state index in [-0.39, 0.29) is 0 Å². The molecule has 10 heavy (non-hydrogen) atoms. The molecule has 0 aliphatic carbocycles. The molecule has 0 N–H and O–H groups in total. The summed E-state index contributed by atoms with van der Waals surface area (Å²) in [4.78, 5) is 5.09. The van der Waals surface area contributed by atoms with E-state index < -0.39 is 0 Å². The summed E-state index contributed by atoms with van der Waals surface area (Å²) in [5.74, 6) is 0. The quantitative estimate of drug-likeness (QED) is 0.450. The molecule has 0 saturated carbocycles. The van der Waals surface area contributed by atoms with E-state index >= 15 is 0 Å². The van der Waals surface area contributed by atoms with Crippen molar-refractivity contribution in [3.8, 4) is 0 Å². The number of aliphatic imine (C=N–C) groups is 1. The van der Waals surface area contributed by atoms with Crippen LogP contribution in [0, 0.1) is 0 Å². The normalized spacial score (nSPS) is 13.7. The number of hydrogen-bond donors (Lipinski definition) is 0. The molecule has 0 unspecified atom stereocenters. The smallest absolute Gasteiger partial charge is 0.0277 e. The van der Waals surface area contributed by atoms with Crippen molar-refractivity contribution >= 4 is 18.0 Å². The van der Waals surface area contributed by atoms with Crippen LogP contribution in [0.2, 0.25) is 0 Å². The van der Waals surface area contributed by atoms with Crippen LogP contribution < -0.4 is 0 Å². The summed E-state index contributed by atoms with van der Waals surface area (Å²) in [6, 6.07) is 0. The van der Waals surface area contributed by atoms with Gasteiger partial charge in [0.15, 0.2) is 0 Å². The molecule has 2 heteroatoms. The largest absolute Gasteiger partial charge is 0.296 e. The van der Waals surface area contributed by atoms with Crippen molar-refractivity contribution in [2.24, 2.45) is 4.99 Å². The summed E-state index contributed by atoms with van der Waals surface area (Å²) in [7, 11) is 1.77. The molecule has 1 nitrogen and oxygen atoms in total. The van der Waals surface area contributed by atoms with Crippen LogP contribution in [-0.2, 0) is 0 Å². The molecule has 0 fully saturated rings. The summed E-state index contributed by atoms with van der Waals surface area (Å²) in [5.41, 5.74) is 0. The van der Waals surface area contributed by atoms with Gasteiger partial charge < -0.3 is 0 Å². The molecule has 0 aliphatic heterocycles. The van der Waals surface area contributed by atoms with Crippen LogP contribution in [-0.4, -0.2) is 19.5 Å². The Kier molecular flexibility index (Phi) is 6.29. The number of hydrogen-bond acceptors (Lipinski definition) is 2. The van der Waals surface area contributed by atoms with E-state index in [1.807, 2.05) is 19.1 Å². The number of rotatable bonds is 3. The average Bonchev–Trinajstić information content (AvgIpc) is 1.98. The van der Waals surface area contributed by atoms with Gasteiger partial charge in [-0.1, -0.05) is 12.2 Å². The SMILES string of the molecule is C\C=C/C(=C\C=N\C)SC. The Morgan fingerprint density at radius 3 is 2.60 bits per heavy atom. The van der Waals surface area contributed by atoms with Gasteiger partial charge in [-0.2, -0.15) is 0 Å². The third-order valence-electron chi connectivity index (χ3n) is 0.955. The lowest BCUT2D eigenvalue weighted by molar-refractivity contribution is 1.47. The van der Waals surface area contributed by atoms with Gasteiger partial charge in [0.05, 0.1) is 0 Å². The molecule has 56 valence electrons. The maximum atomic E-state index is 3.86. The summed E-state index contributed by atoms with van der Waals surface area (Å²) in [5, 5.41) is 0. The fraction of sp³-hybridized carbons (Fsp3) is 0.375. The summed E-state index contributed by atoms with van der Waals surface area (Å²) in [6.07, 6.45) is 9.92. The van der Waals surface area contributed by atoms with Gasteiger partial charge >= 0.3 is 0 Å². The van der Waals surface area contributed by atoms with E-state index in [0.717, 1.165) is 0 Å². The second kappa shape index (κ2) is 6.62. The maximum Gasteiger partial charge on any atom is 0.0277 e. The molecule has 0 heterocycles. The predicted molar refractivity (Wildman–Crippen MR) is 50.8 cm³/mol. The summed E-state index contributed by atoms with van der Waals surface area (Å²) in [6.45, 7) is 2.01. The molecule has 0 radical (unpaired) electrons. The van der Waals surface area contributed by atoms with Gasteiger partial charge in [-0.15, -0.1) is 11.8 Å². The number of allylic oxidation sites excluding steroid dienone is 3. The molecule has 0 spiro atoms. The molecule has 0 aromatic carbocycles. The van der Waals surface area contributed by atoms with Crippen LogP contribution in [0.3, 0.4) is 0 Å². The van der Waals surface area contributed by atoms with Crippen LogP contribution in [0.25, 0.3) is 0 Å². The highest BCUT2D eigenvalue weighted by Crippen LogP contribution is 2.11. The fourth-order valence-electron chi connectivity index (χ4n) is 0.504. The Hall–Kier alpha value is -0.500. The molecule has 0 amide bonds. The molecule has 0 aromatic heterocycles. The molecule has 0 bridgehead atoms. The lowest BCUT2D eigenvalue weighted by atomic mass is 10.4. The highest BCUT2D eigenvalue weighted by Gasteiger charge is 1.82. The van der Waals surface area contributed by atoms with Crippen LogP contribution >= 0.6 is 11.8 Å². The van der Waals surface area contributed by atoms with Crippen molar-refractivity contribution in [2.45, 2.75) is 6.92 Å². The van der Waals surface area contributed by atoms with E-state index in [2.05, 4.69) is 17.3 Å². The fourth-order valence-corrected chi connectivity index (χ4v) is 0.973. The topological polar surface area (TPSA) is 12.4 Å². The molecule has 0 atom stereocenters. The molecular weight excluding hydrogens is 142 g/mol. The van der Waals surface area contributed by atoms with Crippen molar-refractivity contribution in [3.63, 3.8) is 0 Å². The molecule has 0 saturated heterocycles. The zero-order valence-corrected chi connectivity index (χ0v) is 7.48. The highest BCUT2D eigenvalue weighted by atomic mass is 32.2. The summed E-state index contributed by atoms with van der Waals surface area (Å²) < 4.78 is 0. The van der Waals surface area contributed by atoms with Gasteiger partial charge in [-0.3, -0.25) is 4.99 Å². The first kappa shape index (κ1) is 9.50. The standard InChI is InChI=1S/C8H13NS/c1-4-5-8(10-3)6-7-9-2/h4-7H,1-3H3/b5-4-,8-6+,9-7+. The monoisotopic (exact) mass is 155 g/mol. The molecular formula is C8H13NS. The second-order valence-electron chi connectivity index (χ2n) is 1.68. The van der Waals surface area contributed by atoms with E-state index in [1.54, 1.807) is 25.0 Å². The van der Waals surface area contributed by atoms with Gasteiger partial charge in [-0.25, -0.2) is 0 Å². The minimum atomic E-state index is 1.23. The van der Waals surface area contributed by atoms with Crippen LogP contribution in [0.4, 0.5) is 0 Å². The van der Waals surface area contributed by atoms with E-state index in [4.69, 9.17) is 0 Å². The van der Waals surface area contributed by atoms with Crippen LogP contribution in [0.15, 0.2) is 28.1 Å². The van der Waals surface area contributed by atoms with Crippen molar-refractivity contribution in [3.05, 3.63) is 23.1 Å². The molecule has 0 aromatic rings. The Bertz CT molecular complexity index is 157. The first-order valence-corrected chi connectivity index (χ1v) is 4.36. The van der Waals surface area contributed by atoms with Crippen molar-refractivity contribution in [1.29, 1.82) is 0 Å². The third kappa shape index (κ3) is 4.39. The zero-order chi connectivity index (χ0) is 7.82. The van der Waals surface area contributed by atoms with Gasteiger partial charge in [0, 0.05) is 18.2 Å². The van der Waals surface area contributed by atoms with Crippen LogP contribution in [0.1, 0.15) is 6.92 Å². The maximum absolute atomic E-state index is 3.86. The van der Waals surface area contributed by atoms with Crippen molar-refractivity contribution in [2.75, 3.05) is 13.3 Å². The number of thioether (sulfide) groups is 1. The lowest BCUT2D eigenvalue weighted by Crippen LogP contribution is -1.70. The van der Waals surface area contributed by atoms with Gasteiger partial charge in [0.2, 0.25) is 0 Å². The van der Waals surface area contributed by atoms with E-state index in [1.165, 1.54) is 4.91 Å². The van der Waals surface area contributed by atoms with E-state index in [9.17, 15) is 0 Å². The minimum absolute atomic E-state index is 1.23. The highest BCUT2D eigenvalue weighted by molar-refractivity contribution is 8.02. The van der Waals surface area contributed by atoms with Gasteiger partial charge in [0.25, 0.3) is 0 Å². The number of nitrogens with zero attached hydrogens (tertiary/aromatic N) is 1. The lowest BCUT2D eigenvalue weighted by Gasteiger charge is -1.90. The van der Waals surface area contributed by atoms with Crippen molar-refractivity contribution < 1.29 is 0 Å². The zero-order valence-electron chi connectivity index (χ0n) is 6.66. The van der Waals surface area contributed by atoms with Gasteiger partial charge in [0.1, 0.15) is 0 Å². The average molecular weight is 155 g/mol.